The fourth-order valence-electron chi connectivity index (χ4n) is 2.70. The molecule has 0 saturated heterocycles. The zero-order valence-electron chi connectivity index (χ0n) is 13.9. The van der Waals surface area contributed by atoms with Gasteiger partial charge in [-0.1, -0.05) is 0 Å². The summed E-state index contributed by atoms with van der Waals surface area (Å²) in [7, 11) is -3.56. The average Bonchev–Trinajstić information content (AvgIpc) is 2.95. The molecule has 2 aromatic rings. The number of alkyl halides is 2. The van der Waals surface area contributed by atoms with E-state index in [1.807, 2.05) is 0 Å². The summed E-state index contributed by atoms with van der Waals surface area (Å²) in [4.78, 5) is 8.33. The predicted octanol–water partition coefficient (Wildman–Crippen LogP) is 2.36. The summed E-state index contributed by atoms with van der Waals surface area (Å²) >= 11 is 0. The van der Waals surface area contributed by atoms with Crippen molar-refractivity contribution in [3.63, 3.8) is 0 Å². The molecule has 0 amide bonds. The van der Waals surface area contributed by atoms with E-state index in [9.17, 15) is 17.2 Å². The Hall–Kier alpha value is -2.10. The maximum absolute atomic E-state index is 13.3. The molecular weight excluding hydrogens is 352 g/mol. The minimum absolute atomic E-state index is 0.111. The monoisotopic (exact) mass is 371 g/mol. The topological polar surface area (TPSA) is 89.8 Å². The van der Waals surface area contributed by atoms with Crippen LogP contribution in [0.5, 0.6) is 0 Å². The molecule has 1 aliphatic carbocycles. The molecule has 0 unspecified atom stereocenters. The number of aromatic nitrogens is 4. The van der Waals surface area contributed by atoms with Crippen LogP contribution in [0.2, 0.25) is 0 Å². The highest BCUT2D eigenvalue weighted by Crippen LogP contribution is 2.34. The second-order valence-corrected chi connectivity index (χ2v) is 8.30. The Morgan fingerprint density at radius 2 is 1.96 bits per heavy atom. The van der Waals surface area contributed by atoms with Crippen molar-refractivity contribution in [3.8, 4) is 5.95 Å². The summed E-state index contributed by atoms with van der Waals surface area (Å²) in [6, 6.07) is 2.88. The number of halogens is 2. The Labute approximate surface area is 144 Å². The standard InChI is InChI=1S/C15H19F2N5O2S/c1-10-5-8-22(21-10)14-19-12(9-13(20-14)25(2,23)24)18-11-3-6-15(16,17)7-4-11/h5,8-9,11H,3-4,6-7H2,1-2H3,(H,18,19,20). The van der Waals surface area contributed by atoms with Gasteiger partial charge in [-0.05, 0) is 25.8 Å². The van der Waals surface area contributed by atoms with E-state index >= 15 is 0 Å². The Kier molecular flexibility index (Phi) is 4.48. The van der Waals surface area contributed by atoms with E-state index in [0.29, 0.717) is 12.8 Å². The van der Waals surface area contributed by atoms with Gasteiger partial charge in [0.1, 0.15) is 5.82 Å². The van der Waals surface area contributed by atoms with E-state index in [1.165, 1.54) is 10.7 Å². The van der Waals surface area contributed by atoms with Gasteiger partial charge in [0, 0.05) is 37.4 Å². The summed E-state index contributed by atoms with van der Waals surface area (Å²) in [5.41, 5.74) is 0.734. The quantitative estimate of drug-likeness (QED) is 0.830. The second kappa shape index (κ2) is 6.32. The summed E-state index contributed by atoms with van der Waals surface area (Å²) in [5.74, 6) is -2.23. The van der Waals surface area contributed by atoms with Crippen LogP contribution >= 0.6 is 0 Å². The van der Waals surface area contributed by atoms with Crippen LogP contribution < -0.4 is 5.32 Å². The number of aryl methyl sites for hydroxylation is 1. The zero-order valence-corrected chi connectivity index (χ0v) is 14.7. The molecule has 0 aromatic carbocycles. The molecule has 0 bridgehead atoms. The van der Waals surface area contributed by atoms with Crippen molar-refractivity contribution in [2.45, 2.75) is 49.6 Å². The van der Waals surface area contributed by atoms with Gasteiger partial charge < -0.3 is 5.32 Å². The number of hydrogen-bond acceptors (Lipinski definition) is 6. The van der Waals surface area contributed by atoms with E-state index in [0.717, 1.165) is 11.9 Å². The molecule has 7 nitrogen and oxygen atoms in total. The number of sulfone groups is 1. The number of hydrogen-bond donors (Lipinski definition) is 1. The van der Waals surface area contributed by atoms with Gasteiger partial charge in [0.15, 0.2) is 14.9 Å². The number of rotatable bonds is 4. The minimum Gasteiger partial charge on any atom is -0.367 e. The van der Waals surface area contributed by atoms with Crippen LogP contribution in [0, 0.1) is 6.92 Å². The molecule has 2 heterocycles. The van der Waals surface area contributed by atoms with Crippen LogP contribution in [-0.2, 0) is 9.84 Å². The van der Waals surface area contributed by atoms with Crippen molar-refractivity contribution in [3.05, 3.63) is 24.0 Å². The highest BCUT2D eigenvalue weighted by atomic mass is 32.2. The SMILES string of the molecule is Cc1ccn(-c2nc(NC3CCC(F)(F)CC3)cc(S(C)(=O)=O)n2)n1. The molecule has 0 aliphatic heterocycles. The highest BCUT2D eigenvalue weighted by Gasteiger charge is 2.35. The third-order valence-electron chi connectivity index (χ3n) is 4.07. The lowest BCUT2D eigenvalue weighted by atomic mass is 9.92. The maximum Gasteiger partial charge on any atom is 0.253 e. The highest BCUT2D eigenvalue weighted by molar-refractivity contribution is 7.90. The first-order valence-electron chi connectivity index (χ1n) is 7.89. The molecule has 1 saturated carbocycles. The second-order valence-electron chi connectivity index (χ2n) is 6.34. The van der Waals surface area contributed by atoms with Crippen LogP contribution in [0.15, 0.2) is 23.4 Å². The predicted molar refractivity (Wildman–Crippen MR) is 87.8 cm³/mol. The summed E-state index contributed by atoms with van der Waals surface area (Å²) in [6.45, 7) is 1.79. The lowest BCUT2D eigenvalue weighted by molar-refractivity contribution is -0.0361. The Morgan fingerprint density at radius 3 is 2.52 bits per heavy atom. The Bertz CT molecular complexity index is 872. The molecule has 0 atom stereocenters. The van der Waals surface area contributed by atoms with E-state index < -0.39 is 15.8 Å². The number of nitrogens with one attached hydrogen (secondary N) is 1. The van der Waals surface area contributed by atoms with Gasteiger partial charge >= 0.3 is 0 Å². The van der Waals surface area contributed by atoms with Gasteiger partial charge in [0.05, 0.1) is 5.69 Å². The van der Waals surface area contributed by atoms with Crippen LogP contribution in [0.1, 0.15) is 31.4 Å². The fourth-order valence-corrected chi connectivity index (χ4v) is 3.27. The van der Waals surface area contributed by atoms with Crippen molar-refractivity contribution < 1.29 is 17.2 Å². The van der Waals surface area contributed by atoms with Gasteiger partial charge in [-0.2, -0.15) is 15.1 Å². The molecule has 10 heteroatoms. The van der Waals surface area contributed by atoms with Crippen molar-refractivity contribution in [1.82, 2.24) is 19.7 Å². The molecule has 136 valence electrons. The molecule has 0 spiro atoms. The molecule has 1 fully saturated rings. The third kappa shape index (κ3) is 4.30. The first-order valence-corrected chi connectivity index (χ1v) is 9.78. The van der Waals surface area contributed by atoms with Crippen molar-refractivity contribution in [2.24, 2.45) is 0 Å². The van der Waals surface area contributed by atoms with Crippen molar-refractivity contribution >= 4 is 15.7 Å². The van der Waals surface area contributed by atoms with Gasteiger partial charge in [0.25, 0.3) is 5.95 Å². The van der Waals surface area contributed by atoms with Crippen LogP contribution in [0.4, 0.5) is 14.6 Å². The first kappa shape index (κ1) is 17.7. The third-order valence-corrected chi connectivity index (χ3v) is 5.04. The molecule has 25 heavy (non-hydrogen) atoms. The fraction of sp³-hybridized carbons (Fsp3) is 0.533. The van der Waals surface area contributed by atoms with E-state index in [-0.39, 0.29) is 35.7 Å². The molecule has 3 rings (SSSR count). The summed E-state index contributed by atoms with van der Waals surface area (Å²) < 4.78 is 51.7. The normalized spacial score (nSPS) is 18.2. The molecule has 1 aliphatic rings. The maximum atomic E-state index is 13.3. The summed E-state index contributed by atoms with van der Waals surface area (Å²) in [5, 5.41) is 7.09. The van der Waals surface area contributed by atoms with Gasteiger partial charge in [-0.3, -0.25) is 0 Å². The molecule has 0 radical (unpaired) electrons. The Morgan fingerprint density at radius 1 is 1.28 bits per heavy atom. The zero-order chi connectivity index (χ0) is 18.2. The Balaban J connectivity index is 1.90. The lowest BCUT2D eigenvalue weighted by Crippen LogP contribution is -2.32. The number of anilines is 1. The van der Waals surface area contributed by atoms with Crippen LogP contribution in [0.3, 0.4) is 0 Å². The smallest absolute Gasteiger partial charge is 0.253 e. The first-order chi connectivity index (χ1) is 11.6. The van der Waals surface area contributed by atoms with Gasteiger partial charge in [-0.25, -0.2) is 21.9 Å². The average molecular weight is 371 g/mol. The lowest BCUT2D eigenvalue weighted by Gasteiger charge is -2.29. The molecule has 2 aromatic heterocycles. The largest absolute Gasteiger partial charge is 0.367 e. The van der Waals surface area contributed by atoms with E-state index in [1.54, 1.807) is 19.2 Å². The van der Waals surface area contributed by atoms with E-state index in [2.05, 4.69) is 20.4 Å². The van der Waals surface area contributed by atoms with Crippen molar-refractivity contribution in [2.75, 3.05) is 11.6 Å². The van der Waals surface area contributed by atoms with Crippen LogP contribution in [0.25, 0.3) is 5.95 Å². The molecular formula is C15H19F2N5O2S. The van der Waals surface area contributed by atoms with Gasteiger partial charge in [0.2, 0.25) is 5.92 Å². The van der Waals surface area contributed by atoms with Crippen molar-refractivity contribution in [1.29, 1.82) is 0 Å². The summed E-state index contributed by atoms with van der Waals surface area (Å²) in [6.07, 6.45) is 2.88. The van der Waals surface area contributed by atoms with Gasteiger partial charge in [-0.15, -0.1) is 0 Å². The van der Waals surface area contributed by atoms with Crippen LogP contribution in [-0.4, -0.2) is 46.4 Å². The van der Waals surface area contributed by atoms with E-state index in [4.69, 9.17) is 0 Å². The molecule has 1 N–H and O–H groups in total. The minimum atomic E-state index is -3.56. The number of nitrogens with zero attached hydrogens (tertiary/aromatic N) is 4.